The zero-order valence-corrected chi connectivity index (χ0v) is 38.3. The molecule has 8 atom stereocenters. The minimum absolute atomic E-state index is 0.0565. The van der Waals surface area contributed by atoms with Crippen molar-refractivity contribution in [1.82, 2.24) is 4.98 Å². The van der Waals surface area contributed by atoms with E-state index in [1.165, 1.54) is 25.6 Å². The van der Waals surface area contributed by atoms with Gasteiger partial charge in [-0.25, -0.2) is 4.98 Å². The van der Waals surface area contributed by atoms with Gasteiger partial charge in [-0.05, 0) is 23.3 Å². The molecule has 0 bridgehead atoms. The predicted molar refractivity (Wildman–Crippen MR) is 246 cm³/mol. The predicted octanol–water partition coefficient (Wildman–Crippen LogP) is 8.09. The van der Waals surface area contributed by atoms with Gasteiger partial charge in [0.25, 0.3) is 5.22 Å². The van der Waals surface area contributed by atoms with Gasteiger partial charge in [0.2, 0.25) is 0 Å². The van der Waals surface area contributed by atoms with Crippen molar-refractivity contribution < 1.29 is 61.9 Å². The van der Waals surface area contributed by atoms with Crippen molar-refractivity contribution in [3.8, 4) is 22.6 Å². The second kappa shape index (κ2) is 22.5. The molecule has 0 spiro atoms. The molecule has 8 unspecified atom stereocenters. The molecular formula is C49H50N2O13S2. The molecule has 2 N–H and O–H groups in total. The maximum atomic E-state index is 12.4. The minimum Gasteiger partial charge on any atom is -0.463 e. The van der Waals surface area contributed by atoms with Gasteiger partial charge in [0.05, 0.1) is 23.8 Å². The maximum Gasteiger partial charge on any atom is 0.303 e. The van der Waals surface area contributed by atoms with E-state index in [0.29, 0.717) is 34.4 Å². The van der Waals surface area contributed by atoms with Crippen LogP contribution in [0, 0.1) is 0 Å². The molecule has 4 aromatic carbocycles. The number of aliphatic hydroxyl groups excluding tert-OH is 1. The number of nitrogens with one attached hydrogen (secondary N) is 1. The van der Waals surface area contributed by atoms with Crippen LogP contribution in [0.15, 0.2) is 119 Å². The number of carbonyl (C=O) groups is 4. The summed E-state index contributed by atoms with van der Waals surface area (Å²) in [7, 11) is 0. The lowest BCUT2D eigenvalue weighted by Crippen LogP contribution is -2.62. The van der Waals surface area contributed by atoms with Gasteiger partial charge in [0.1, 0.15) is 24.5 Å². The van der Waals surface area contributed by atoms with Crippen molar-refractivity contribution >= 4 is 58.5 Å². The Kier molecular flexibility index (Phi) is 16.4. The van der Waals surface area contributed by atoms with Crippen molar-refractivity contribution in [3.63, 3.8) is 0 Å². The van der Waals surface area contributed by atoms with Gasteiger partial charge in [-0.2, -0.15) is 0 Å². The van der Waals surface area contributed by atoms with E-state index in [2.05, 4.69) is 5.32 Å². The first-order chi connectivity index (χ1) is 31.8. The highest BCUT2D eigenvalue weighted by Gasteiger charge is 2.52. The number of oxazole rings is 1. The zero-order chi connectivity index (χ0) is 46.7. The Morgan fingerprint density at radius 3 is 2.00 bits per heavy atom. The number of thiocarbonyl (C=S) groups is 1. The number of benzene rings is 4. The fourth-order valence-corrected chi connectivity index (χ4v) is 8.89. The monoisotopic (exact) mass is 938 g/mol. The largest absolute Gasteiger partial charge is 0.463 e. The highest BCUT2D eigenvalue weighted by Crippen LogP contribution is 2.42. The first-order valence-electron chi connectivity index (χ1n) is 21.3. The Bertz CT molecular complexity index is 2410. The number of carbonyl (C=O) groups excluding carboxylic acids is 4. The molecule has 3 heterocycles. The van der Waals surface area contributed by atoms with Crippen molar-refractivity contribution in [2.45, 2.75) is 101 Å². The van der Waals surface area contributed by atoms with Crippen LogP contribution in [-0.4, -0.2) is 87.9 Å². The summed E-state index contributed by atoms with van der Waals surface area (Å²) in [5.74, 6) is -1.62. The van der Waals surface area contributed by atoms with Crippen molar-refractivity contribution in [2.24, 2.45) is 0 Å². The van der Waals surface area contributed by atoms with Crippen molar-refractivity contribution in [1.29, 1.82) is 0 Å². The van der Waals surface area contributed by atoms with Gasteiger partial charge in [-0.15, -0.1) is 0 Å². The van der Waals surface area contributed by atoms with E-state index >= 15 is 0 Å². The molecule has 2 aliphatic heterocycles. The Labute approximate surface area is 391 Å². The molecule has 2 aliphatic rings. The van der Waals surface area contributed by atoms with E-state index in [4.69, 9.17) is 54.8 Å². The molecule has 2 saturated heterocycles. The second-order valence-corrected chi connectivity index (χ2v) is 17.1. The van der Waals surface area contributed by atoms with Crippen LogP contribution >= 0.6 is 24.0 Å². The van der Waals surface area contributed by atoms with Crippen LogP contribution in [0.4, 0.5) is 5.69 Å². The van der Waals surface area contributed by atoms with Crippen LogP contribution in [0.25, 0.3) is 22.6 Å². The van der Waals surface area contributed by atoms with E-state index in [9.17, 15) is 24.3 Å². The summed E-state index contributed by atoms with van der Waals surface area (Å²) >= 11 is 7.28. The maximum absolute atomic E-state index is 12.4. The molecule has 66 heavy (non-hydrogen) atoms. The molecule has 0 aliphatic carbocycles. The number of anilines is 1. The fraction of sp³-hybridized carbons (Fsp3) is 0.347. The van der Waals surface area contributed by atoms with Gasteiger partial charge in [-0.1, -0.05) is 121 Å². The summed E-state index contributed by atoms with van der Waals surface area (Å²) in [5.41, 5.74) is 5.56. The third-order valence-electron chi connectivity index (χ3n) is 10.6. The quantitative estimate of drug-likeness (QED) is 0.0417. The lowest BCUT2D eigenvalue weighted by Gasteiger charge is -2.44. The van der Waals surface area contributed by atoms with E-state index < -0.39 is 60.7 Å². The van der Waals surface area contributed by atoms with Gasteiger partial charge in [0.15, 0.2) is 30.4 Å². The molecule has 15 nitrogen and oxygen atoms in total. The number of ether oxygens (including phenoxy) is 7. The normalized spacial score (nSPS) is 22.7. The number of esters is 4. The molecular weight excluding hydrogens is 889 g/mol. The van der Waals surface area contributed by atoms with Crippen LogP contribution < -0.4 is 5.32 Å². The smallest absolute Gasteiger partial charge is 0.303 e. The Morgan fingerprint density at radius 2 is 1.36 bits per heavy atom. The zero-order valence-electron chi connectivity index (χ0n) is 36.7. The minimum atomic E-state index is -1.32. The SMILES string of the molecule is CC(=O)OCC1OC(CC(=S)Nc2cccc(C3OC(CSc4nc(-c5ccccc5)c(-c5ccccc5)o4)CC(c4ccc(CO)cc4)O3)c2)C(OC(C)=O)C(OC(C)=O)C1OC(C)=O. The lowest BCUT2D eigenvalue weighted by molar-refractivity contribution is -0.251. The molecule has 2 fully saturated rings. The summed E-state index contributed by atoms with van der Waals surface area (Å²) in [5, 5.41) is 13.4. The highest BCUT2D eigenvalue weighted by atomic mass is 32.2. The molecule has 0 amide bonds. The van der Waals surface area contributed by atoms with Gasteiger partial charge < -0.3 is 48.0 Å². The lowest BCUT2D eigenvalue weighted by atomic mass is 9.92. The van der Waals surface area contributed by atoms with Crippen molar-refractivity contribution in [3.05, 3.63) is 126 Å². The van der Waals surface area contributed by atoms with Crippen LogP contribution in [0.5, 0.6) is 0 Å². The average molecular weight is 939 g/mol. The number of aromatic nitrogens is 1. The first-order valence-corrected chi connectivity index (χ1v) is 22.7. The average Bonchev–Trinajstić information content (AvgIpc) is 3.74. The summed E-state index contributed by atoms with van der Waals surface area (Å²) in [6.45, 7) is 4.27. The summed E-state index contributed by atoms with van der Waals surface area (Å²) in [6, 6.07) is 34.7. The van der Waals surface area contributed by atoms with E-state index in [1.807, 2.05) is 109 Å². The fourth-order valence-electron chi connectivity index (χ4n) is 7.77. The van der Waals surface area contributed by atoms with Crippen LogP contribution in [0.3, 0.4) is 0 Å². The van der Waals surface area contributed by atoms with Crippen LogP contribution in [0.1, 0.15) is 69.6 Å². The van der Waals surface area contributed by atoms with E-state index in [0.717, 1.165) is 41.8 Å². The molecule has 17 heteroatoms. The van der Waals surface area contributed by atoms with Crippen LogP contribution in [-0.2, 0) is 58.9 Å². The van der Waals surface area contributed by atoms with Crippen molar-refractivity contribution in [2.75, 3.05) is 17.7 Å². The molecule has 7 rings (SSSR count). The standard InChI is InChI=1S/C49H50N2O13S2/c1-28(53)57-26-41-46(59-30(3)55)47(60-31(4)56)45(58-29(2)54)40(62-41)24-42(65)50-37-17-11-16-36(22-37)48-61-38(23-39(63-48)33-20-18-32(25-52)19-21-33)27-66-49-51-43(34-12-7-5-8-13-34)44(64-49)35-14-9-6-10-15-35/h5-22,38-41,45-48,52H,23-27H2,1-4H3,(H,50,65). The second-order valence-electron chi connectivity index (χ2n) is 15.7. The third kappa shape index (κ3) is 12.7. The molecule has 5 aromatic rings. The summed E-state index contributed by atoms with van der Waals surface area (Å²) in [4.78, 5) is 53.9. The van der Waals surface area contributed by atoms with Crippen LogP contribution in [0.2, 0.25) is 0 Å². The Morgan fingerprint density at radius 1 is 0.727 bits per heavy atom. The third-order valence-corrected chi connectivity index (χ3v) is 11.8. The number of hydrogen-bond acceptors (Lipinski definition) is 16. The molecule has 346 valence electrons. The number of nitrogens with zero attached hydrogens (tertiary/aromatic N) is 1. The molecule has 0 saturated carbocycles. The number of thioether (sulfide) groups is 1. The number of hydrogen-bond donors (Lipinski definition) is 2. The molecule has 0 radical (unpaired) electrons. The van der Waals surface area contributed by atoms with Gasteiger partial charge >= 0.3 is 23.9 Å². The first kappa shape index (κ1) is 48.0. The Hall–Kier alpha value is -5.95. The molecule has 1 aromatic heterocycles. The topological polar surface area (TPSA) is 191 Å². The van der Waals surface area contributed by atoms with E-state index in [-0.39, 0.29) is 36.8 Å². The summed E-state index contributed by atoms with van der Waals surface area (Å²) < 4.78 is 47.9. The number of rotatable bonds is 16. The van der Waals surface area contributed by atoms with E-state index in [1.54, 1.807) is 0 Å². The Balaban J connectivity index is 1.10. The number of aliphatic hydroxyl groups is 1. The summed E-state index contributed by atoms with van der Waals surface area (Å²) in [6.07, 6.45) is -7.04. The van der Waals surface area contributed by atoms with Gasteiger partial charge in [0, 0.05) is 68.7 Å². The highest BCUT2D eigenvalue weighted by molar-refractivity contribution is 7.99. The van der Waals surface area contributed by atoms with Gasteiger partial charge in [-0.3, -0.25) is 19.2 Å².